The summed E-state index contributed by atoms with van der Waals surface area (Å²) in [5.74, 6) is -0.769. The standard InChI is InChI=1S/C7H14O2.C6H14O3/c1-3-5-6(4-2)7(8)9;1-2-6(3-7,4-8)5-9/h6H,3-5H2,1-2H3,(H,8,9);7-9H,2-5H2,1H3. The van der Waals surface area contributed by atoms with Crippen molar-refractivity contribution in [2.75, 3.05) is 19.8 Å². The third-order valence-corrected chi connectivity index (χ3v) is 3.24. The molecule has 1 atom stereocenters. The third-order valence-electron chi connectivity index (χ3n) is 3.24. The monoisotopic (exact) mass is 264 g/mol. The average molecular weight is 264 g/mol. The predicted molar refractivity (Wildman–Crippen MR) is 70.3 cm³/mol. The van der Waals surface area contributed by atoms with Gasteiger partial charge in [-0.25, -0.2) is 0 Å². The van der Waals surface area contributed by atoms with Crippen LogP contribution >= 0.6 is 0 Å². The van der Waals surface area contributed by atoms with Gasteiger partial charge in [0.25, 0.3) is 0 Å². The predicted octanol–water partition coefficient (Wildman–Crippen LogP) is 1.26. The highest BCUT2D eigenvalue weighted by Gasteiger charge is 2.24. The number of rotatable bonds is 8. The molecule has 5 nitrogen and oxygen atoms in total. The number of carboxylic acid groups (broad SMARTS) is 1. The van der Waals surface area contributed by atoms with Gasteiger partial charge in [0, 0.05) is 5.41 Å². The Bertz CT molecular complexity index is 184. The zero-order valence-corrected chi connectivity index (χ0v) is 11.7. The molecule has 0 aliphatic heterocycles. The molecule has 0 spiro atoms. The summed E-state index contributed by atoms with van der Waals surface area (Å²) < 4.78 is 0. The van der Waals surface area contributed by atoms with Gasteiger partial charge in [-0.3, -0.25) is 4.79 Å². The van der Waals surface area contributed by atoms with Gasteiger partial charge in [-0.15, -0.1) is 0 Å². The minimum Gasteiger partial charge on any atom is -0.481 e. The van der Waals surface area contributed by atoms with Crippen LogP contribution in [0.25, 0.3) is 0 Å². The number of carboxylic acids is 1. The molecule has 0 aliphatic rings. The molecule has 0 aromatic heterocycles. The van der Waals surface area contributed by atoms with E-state index in [2.05, 4.69) is 0 Å². The van der Waals surface area contributed by atoms with Crippen LogP contribution in [0.5, 0.6) is 0 Å². The summed E-state index contributed by atoms with van der Waals surface area (Å²) in [4.78, 5) is 10.3. The first kappa shape index (κ1) is 19.7. The number of hydrogen-bond donors (Lipinski definition) is 4. The highest BCUT2D eigenvalue weighted by atomic mass is 16.4. The van der Waals surface area contributed by atoms with Crippen molar-refractivity contribution in [2.24, 2.45) is 11.3 Å². The molecule has 0 rings (SSSR count). The first-order valence-corrected chi connectivity index (χ1v) is 6.52. The lowest BCUT2D eigenvalue weighted by Crippen LogP contribution is -2.32. The molecule has 110 valence electrons. The number of carbonyl (C=O) groups is 1. The topological polar surface area (TPSA) is 98.0 Å². The number of aliphatic hydroxyl groups is 3. The van der Waals surface area contributed by atoms with E-state index >= 15 is 0 Å². The highest BCUT2D eigenvalue weighted by molar-refractivity contribution is 5.69. The van der Waals surface area contributed by atoms with Gasteiger partial charge in [0.05, 0.1) is 25.7 Å². The van der Waals surface area contributed by atoms with E-state index in [9.17, 15) is 4.79 Å². The zero-order chi connectivity index (χ0) is 14.6. The van der Waals surface area contributed by atoms with Crippen molar-refractivity contribution >= 4 is 5.97 Å². The Balaban J connectivity index is 0. The van der Waals surface area contributed by atoms with Crippen molar-refractivity contribution in [1.29, 1.82) is 0 Å². The summed E-state index contributed by atoms with van der Waals surface area (Å²) in [7, 11) is 0. The maximum atomic E-state index is 10.3. The van der Waals surface area contributed by atoms with Gasteiger partial charge >= 0.3 is 5.97 Å². The van der Waals surface area contributed by atoms with Crippen LogP contribution in [0.2, 0.25) is 0 Å². The van der Waals surface area contributed by atoms with Gasteiger partial charge in [-0.05, 0) is 19.3 Å². The minimum atomic E-state index is -0.667. The van der Waals surface area contributed by atoms with Crippen molar-refractivity contribution in [3.8, 4) is 0 Å². The molecule has 0 aliphatic carbocycles. The van der Waals surface area contributed by atoms with E-state index in [-0.39, 0.29) is 25.7 Å². The van der Waals surface area contributed by atoms with Crippen LogP contribution in [0.15, 0.2) is 0 Å². The summed E-state index contributed by atoms with van der Waals surface area (Å²) in [6.07, 6.45) is 3.12. The van der Waals surface area contributed by atoms with Crippen LogP contribution in [-0.4, -0.2) is 46.2 Å². The number of hydrogen-bond acceptors (Lipinski definition) is 4. The molecule has 18 heavy (non-hydrogen) atoms. The van der Waals surface area contributed by atoms with E-state index in [1.54, 1.807) is 0 Å². The lowest BCUT2D eigenvalue weighted by molar-refractivity contribution is -0.142. The minimum absolute atomic E-state index is 0.116. The first-order chi connectivity index (χ1) is 8.46. The molecule has 0 saturated heterocycles. The lowest BCUT2D eigenvalue weighted by Gasteiger charge is -2.24. The van der Waals surface area contributed by atoms with E-state index in [4.69, 9.17) is 20.4 Å². The lowest BCUT2D eigenvalue weighted by atomic mass is 9.88. The van der Waals surface area contributed by atoms with Gasteiger partial charge < -0.3 is 20.4 Å². The van der Waals surface area contributed by atoms with Crippen LogP contribution in [0.4, 0.5) is 0 Å². The summed E-state index contributed by atoms with van der Waals surface area (Å²) >= 11 is 0. The Hall–Kier alpha value is -0.650. The zero-order valence-electron chi connectivity index (χ0n) is 11.7. The van der Waals surface area contributed by atoms with E-state index < -0.39 is 11.4 Å². The average Bonchev–Trinajstić information content (AvgIpc) is 2.39. The molecule has 0 radical (unpaired) electrons. The molecular weight excluding hydrogens is 236 g/mol. The van der Waals surface area contributed by atoms with Crippen molar-refractivity contribution in [3.63, 3.8) is 0 Å². The Morgan fingerprint density at radius 3 is 1.56 bits per heavy atom. The number of aliphatic hydroxyl groups excluding tert-OH is 3. The van der Waals surface area contributed by atoms with Crippen molar-refractivity contribution in [1.82, 2.24) is 0 Å². The van der Waals surface area contributed by atoms with Crippen LogP contribution in [-0.2, 0) is 4.79 Å². The molecule has 5 heteroatoms. The van der Waals surface area contributed by atoms with Gasteiger partial charge in [-0.2, -0.15) is 0 Å². The fourth-order valence-electron chi connectivity index (χ4n) is 1.34. The second-order valence-electron chi connectivity index (χ2n) is 4.56. The molecule has 0 amide bonds. The molecule has 0 aromatic carbocycles. The molecule has 4 N–H and O–H groups in total. The van der Waals surface area contributed by atoms with Crippen LogP contribution in [0.3, 0.4) is 0 Å². The van der Waals surface area contributed by atoms with Gasteiger partial charge in [-0.1, -0.05) is 27.2 Å². The van der Waals surface area contributed by atoms with Crippen molar-refractivity contribution < 1.29 is 25.2 Å². The summed E-state index contributed by atoms with van der Waals surface area (Å²) in [6.45, 7) is 5.27. The largest absolute Gasteiger partial charge is 0.481 e. The SMILES string of the molecule is CCC(CO)(CO)CO.CCCC(CC)C(=O)O. The quantitative estimate of drug-likeness (QED) is 0.529. The maximum absolute atomic E-state index is 10.3. The van der Waals surface area contributed by atoms with E-state index in [0.717, 1.165) is 19.3 Å². The molecular formula is C13H28O5. The third kappa shape index (κ3) is 7.63. The van der Waals surface area contributed by atoms with Gasteiger partial charge in [0.1, 0.15) is 0 Å². The number of aliphatic carboxylic acids is 1. The van der Waals surface area contributed by atoms with Crippen molar-refractivity contribution in [2.45, 2.75) is 46.5 Å². The summed E-state index contributed by atoms with van der Waals surface area (Å²) in [6, 6.07) is 0. The Kier molecular flexibility index (Phi) is 12.5. The van der Waals surface area contributed by atoms with Gasteiger partial charge in [0.15, 0.2) is 0 Å². The normalized spacial score (nSPS) is 12.6. The second-order valence-corrected chi connectivity index (χ2v) is 4.56. The molecule has 0 heterocycles. The van der Waals surface area contributed by atoms with Crippen LogP contribution in [0, 0.1) is 11.3 Å². The van der Waals surface area contributed by atoms with E-state index in [1.807, 2.05) is 20.8 Å². The van der Waals surface area contributed by atoms with E-state index in [1.165, 1.54) is 0 Å². The summed E-state index contributed by atoms with van der Waals surface area (Å²) in [5.41, 5.74) is -0.667. The highest BCUT2D eigenvalue weighted by Crippen LogP contribution is 2.18. The first-order valence-electron chi connectivity index (χ1n) is 6.52. The fraction of sp³-hybridized carbons (Fsp3) is 0.923. The fourth-order valence-corrected chi connectivity index (χ4v) is 1.34. The summed E-state index contributed by atoms with van der Waals surface area (Å²) in [5, 5.41) is 34.5. The Labute approximate surface area is 109 Å². The Morgan fingerprint density at radius 2 is 1.50 bits per heavy atom. The molecule has 1 unspecified atom stereocenters. The van der Waals surface area contributed by atoms with Crippen LogP contribution in [0.1, 0.15) is 46.5 Å². The molecule has 0 fully saturated rings. The van der Waals surface area contributed by atoms with Crippen molar-refractivity contribution in [3.05, 3.63) is 0 Å². The molecule has 0 saturated carbocycles. The van der Waals surface area contributed by atoms with Crippen LogP contribution < -0.4 is 0 Å². The molecule has 0 aromatic rings. The Morgan fingerprint density at radius 1 is 1.06 bits per heavy atom. The second kappa shape index (κ2) is 11.4. The van der Waals surface area contributed by atoms with Gasteiger partial charge in [0.2, 0.25) is 0 Å². The van der Waals surface area contributed by atoms with E-state index in [0.29, 0.717) is 6.42 Å². The molecule has 0 bridgehead atoms. The maximum Gasteiger partial charge on any atom is 0.306 e. The smallest absolute Gasteiger partial charge is 0.306 e.